The molecule has 1 aliphatic heterocycles. The van der Waals surface area contributed by atoms with Gasteiger partial charge in [-0.1, -0.05) is 29.8 Å². The number of nitrogens with zero attached hydrogens (tertiary/aromatic N) is 2. The van der Waals surface area contributed by atoms with Crippen LogP contribution >= 0.6 is 0 Å². The lowest BCUT2D eigenvalue weighted by molar-refractivity contribution is -0.0547. The molecule has 0 spiro atoms. The lowest BCUT2D eigenvalue weighted by atomic mass is 9.95. The molecule has 0 bridgehead atoms. The number of hydrogen-bond acceptors (Lipinski definition) is 4. The van der Waals surface area contributed by atoms with E-state index in [9.17, 15) is 9.90 Å². The van der Waals surface area contributed by atoms with Crippen LogP contribution in [0.15, 0.2) is 30.6 Å². The molecule has 3 rings (SSSR count). The molecule has 0 saturated carbocycles. The third-order valence-electron chi connectivity index (χ3n) is 4.89. The van der Waals surface area contributed by atoms with E-state index in [-0.39, 0.29) is 17.9 Å². The number of rotatable bonds is 5. The quantitative estimate of drug-likeness (QED) is 0.889. The smallest absolute Gasteiger partial charge is 0.354 e. The summed E-state index contributed by atoms with van der Waals surface area (Å²) < 4.78 is 6.29. The maximum absolute atomic E-state index is 11.2. The van der Waals surface area contributed by atoms with Gasteiger partial charge in [-0.25, -0.2) is 14.8 Å². The fraction of sp³-hybridized carbons (Fsp3) is 0.450. The zero-order valence-corrected chi connectivity index (χ0v) is 14.7. The van der Waals surface area contributed by atoms with E-state index in [1.54, 1.807) is 6.92 Å². The first-order valence-electron chi connectivity index (χ1n) is 8.80. The number of aryl methyl sites for hydroxylation is 2. The highest BCUT2D eigenvalue weighted by molar-refractivity contribution is 5.87. The molecule has 0 aliphatic carbocycles. The average Bonchev–Trinajstić information content (AvgIpc) is 2.61. The first-order valence-corrected chi connectivity index (χ1v) is 8.80. The van der Waals surface area contributed by atoms with Crippen molar-refractivity contribution in [3.05, 3.63) is 58.7 Å². The normalized spacial score (nSPS) is 20.4. The molecule has 5 heteroatoms. The summed E-state index contributed by atoms with van der Waals surface area (Å²) in [5, 5.41) is 9.17. The van der Waals surface area contributed by atoms with Crippen LogP contribution in [0, 0.1) is 13.8 Å². The second kappa shape index (κ2) is 7.74. The number of aromatic carboxylic acids is 1. The molecule has 2 atom stereocenters. The van der Waals surface area contributed by atoms with Crippen molar-refractivity contribution in [1.29, 1.82) is 0 Å². The molecule has 1 N–H and O–H groups in total. The molecule has 1 fully saturated rings. The van der Waals surface area contributed by atoms with Crippen molar-refractivity contribution in [2.75, 3.05) is 0 Å². The van der Waals surface area contributed by atoms with Crippen LogP contribution in [0.5, 0.6) is 0 Å². The van der Waals surface area contributed by atoms with E-state index in [1.165, 1.54) is 17.5 Å². The number of ether oxygens (including phenoxy) is 1. The molecule has 0 amide bonds. The van der Waals surface area contributed by atoms with Crippen LogP contribution in [0.25, 0.3) is 0 Å². The molecule has 1 saturated heterocycles. The molecule has 1 aliphatic rings. The number of benzene rings is 1. The minimum Gasteiger partial charge on any atom is -0.477 e. The summed E-state index contributed by atoms with van der Waals surface area (Å²) >= 11 is 0. The SMILES string of the molecule is Cc1ccc([C@H]2CCC[C@@H](CCc3ncnc(C(=O)O)c3C)O2)cc1. The van der Waals surface area contributed by atoms with Crippen molar-refractivity contribution in [1.82, 2.24) is 9.97 Å². The maximum atomic E-state index is 11.2. The minimum absolute atomic E-state index is 0.0899. The van der Waals surface area contributed by atoms with Gasteiger partial charge in [0, 0.05) is 11.3 Å². The molecule has 0 unspecified atom stereocenters. The van der Waals surface area contributed by atoms with Crippen molar-refractivity contribution in [2.24, 2.45) is 0 Å². The second-order valence-corrected chi connectivity index (χ2v) is 6.73. The zero-order chi connectivity index (χ0) is 17.8. The number of carboxylic acid groups (broad SMARTS) is 1. The number of aromatic nitrogens is 2. The van der Waals surface area contributed by atoms with Crippen molar-refractivity contribution < 1.29 is 14.6 Å². The molecular weight excluding hydrogens is 316 g/mol. The summed E-state index contributed by atoms with van der Waals surface area (Å²) in [6.45, 7) is 3.86. The van der Waals surface area contributed by atoms with E-state index < -0.39 is 5.97 Å². The lowest BCUT2D eigenvalue weighted by Gasteiger charge is -2.30. The van der Waals surface area contributed by atoms with Crippen LogP contribution in [-0.2, 0) is 11.2 Å². The standard InChI is InChI=1S/C20H24N2O3/c1-13-6-8-15(9-7-13)18-5-3-4-16(25-18)10-11-17-14(2)19(20(23)24)22-12-21-17/h6-9,12,16,18H,3-5,10-11H2,1-2H3,(H,23,24)/t16-,18+/m0/s1. The van der Waals surface area contributed by atoms with Crippen molar-refractivity contribution >= 4 is 5.97 Å². The third-order valence-corrected chi connectivity index (χ3v) is 4.89. The van der Waals surface area contributed by atoms with Crippen molar-refractivity contribution in [3.8, 4) is 0 Å². The summed E-state index contributed by atoms with van der Waals surface area (Å²) in [6, 6.07) is 8.55. The van der Waals surface area contributed by atoms with Gasteiger partial charge in [-0.2, -0.15) is 0 Å². The van der Waals surface area contributed by atoms with Gasteiger partial charge in [-0.05, 0) is 51.5 Å². The fourth-order valence-electron chi connectivity index (χ4n) is 3.39. The third kappa shape index (κ3) is 4.23. The molecule has 2 aromatic rings. The summed E-state index contributed by atoms with van der Waals surface area (Å²) in [6.07, 6.45) is 6.46. The van der Waals surface area contributed by atoms with Gasteiger partial charge in [0.05, 0.1) is 12.2 Å². The van der Waals surface area contributed by atoms with Crippen LogP contribution < -0.4 is 0 Å². The Morgan fingerprint density at radius 1 is 1.20 bits per heavy atom. The number of hydrogen-bond donors (Lipinski definition) is 1. The van der Waals surface area contributed by atoms with Gasteiger partial charge in [0.1, 0.15) is 6.33 Å². The van der Waals surface area contributed by atoms with Gasteiger partial charge in [0.2, 0.25) is 0 Å². The molecular formula is C20H24N2O3. The summed E-state index contributed by atoms with van der Waals surface area (Å²) in [5.74, 6) is -1.01. The molecule has 25 heavy (non-hydrogen) atoms. The average molecular weight is 340 g/mol. The Hall–Kier alpha value is -2.27. The van der Waals surface area contributed by atoms with Crippen molar-refractivity contribution in [2.45, 2.75) is 58.2 Å². The Bertz CT molecular complexity index is 743. The lowest BCUT2D eigenvalue weighted by Crippen LogP contribution is -2.23. The van der Waals surface area contributed by atoms with Gasteiger partial charge < -0.3 is 9.84 Å². The predicted molar refractivity (Wildman–Crippen MR) is 94.7 cm³/mol. The van der Waals surface area contributed by atoms with Gasteiger partial charge in [0.25, 0.3) is 0 Å². The van der Waals surface area contributed by atoms with E-state index in [2.05, 4.69) is 41.2 Å². The predicted octanol–water partition coefficient (Wildman–Crippen LogP) is 4.03. The van der Waals surface area contributed by atoms with Gasteiger partial charge in [-0.15, -0.1) is 0 Å². The van der Waals surface area contributed by atoms with E-state index in [0.717, 1.165) is 31.4 Å². The molecule has 1 aromatic carbocycles. The highest BCUT2D eigenvalue weighted by atomic mass is 16.5. The first kappa shape index (κ1) is 17.5. The van der Waals surface area contributed by atoms with E-state index in [1.807, 2.05) is 0 Å². The van der Waals surface area contributed by atoms with Crippen LogP contribution in [0.2, 0.25) is 0 Å². The molecule has 5 nitrogen and oxygen atoms in total. The summed E-state index contributed by atoms with van der Waals surface area (Å²) in [5.41, 5.74) is 4.03. The molecule has 0 radical (unpaired) electrons. The van der Waals surface area contributed by atoms with Gasteiger partial charge in [0.15, 0.2) is 5.69 Å². The Labute approximate surface area is 148 Å². The Balaban J connectivity index is 1.63. The Morgan fingerprint density at radius 2 is 1.96 bits per heavy atom. The van der Waals surface area contributed by atoms with E-state index >= 15 is 0 Å². The molecule has 1 aromatic heterocycles. The highest BCUT2D eigenvalue weighted by Gasteiger charge is 2.24. The number of carbonyl (C=O) groups is 1. The molecule has 2 heterocycles. The largest absolute Gasteiger partial charge is 0.477 e. The van der Waals surface area contributed by atoms with E-state index in [0.29, 0.717) is 12.0 Å². The topological polar surface area (TPSA) is 72.3 Å². The van der Waals surface area contributed by atoms with Crippen LogP contribution in [0.1, 0.15) is 64.7 Å². The monoisotopic (exact) mass is 340 g/mol. The van der Waals surface area contributed by atoms with Crippen LogP contribution in [-0.4, -0.2) is 27.1 Å². The Kier molecular flexibility index (Phi) is 5.43. The van der Waals surface area contributed by atoms with Crippen LogP contribution in [0.3, 0.4) is 0 Å². The first-order chi connectivity index (χ1) is 12.0. The van der Waals surface area contributed by atoms with E-state index in [4.69, 9.17) is 4.74 Å². The maximum Gasteiger partial charge on any atom is 0.354 e. The minimum atomic E-state index is -1.01. The summed E-state index contributed by atoms with van der Waals surface area (Å²) in [4.78, 5) is 19.3. The van der Waals surface area contributed by atoms with Crippen LogP contribution in [0.4, 0.5) is 0 Å². The second-order valence-electron chi connectivity index (χ2n) is 6.73. The van der Waals surface area contributed by atoms with Gasteiger partial charge in [-0.3, -0.25) is 0 Å². The fourth-order valence-corrected chi connectivity index (χ4v) is 3.39. The highest BCUT2D eigenvalue weighted by Crippen LogP contribution is 2.33. The summed E-state index contributed by atoms with van der Waals surface area (Å²) in [7, 11) is 0. The number of carboxylic acids is 1. The Morgan fingerprint density at radius 3 is 2.68 bits per heavy atom. The molecule has 132 valence electrons. The zero-order valence-electron chi connectivity index (χ0n) is 14.7. The van der Waals surface area contributed by atoms with Crippen molar-refractivity contribution in [3.63, 3.8) is 0 Å². The van der Waals surface area contributed by atoms with Gasteiger partial charge >= 0.3 is 5.97 Å².